The number of unbranched alkanes of at least 4 members (excludes halogenated alkanes) is 1. The van der Waals surface area contributed by atoms with Gasteiger partial charge in [-0.1, -0.05) is 52.4 Å². The lowest BCUT2D eigenvalue weighted by molar-refractivity contribution is -0.142. The standard InChI is InChI=1S/C16H31NO2/c1-3-4-12-17(13-14(2)16(18)19)15-10-8-6-5-7-9-11-15/h14-15H,3-13H2,1-2H3,(H,18,19). The van der Waals surface area contributed by atoms with Crippen LogP contribution in [0.2, 0.25) is 0 Å². The second-order valence-electron chi connectivity index (χ2n) is 6.09. The Kier molecular flexibility index (Phi) is 8.11. The molecule has 0 radical (unpaired) electrons. The number of hydrogen-bond donors (Lipinski definition) is 1. The van der Waals surface area contributed by atoms with Crippen LogP contribution in [0.15, 0.2) is 0 Å². The van der Waals surface area contributed by atoms with Gasteiger partial charge in [0.05, 0.1) is 5.92 Å². The Morgan fingerprint density at radius 2 is 1.79 bits per heavy atom. The van der Waals surface area contributed by atoms with Crippen LogP contribution in [0.3, 0.4) is 0 Å². The first-order valence-electron chi connectivity index (χ1n) is 8.12. The van der Waals surface area contributed by atoms with Gasteiger partial charge < -0.3 is 5.11 Å². The monoisotopic (exact) mass is 269 g/mol. The van der Waals surface area contributed by atoms with Gasteiger partial charge in [-0.3, -0.25) is 9.69 Å². The molecule has 1 atom stereocenters. The van der Waals surface area contributed by atoms with E-state index in [0.717, 1.165) is 13.1 Å². The SMILES string of the molecule is CCCCN(CC(C)C(=O)O)C1CCCCCCC1. The van der Waals surface area contributed by atoms with E-state index in [9.17, 15) is 4.79 Å². The van der Waals surface area contributed by atoms with Crippen LogP contribution in [0, 0.1) is 5.92 Å². The van der Waals surface area contributed by atoms with Gasteiger partial charge in [-0.15, -0.1) is 0 Å². The Morgan fingerprint density at radius 1 is 1.21 bits per heavy atom. The largest absolute Gasteiger partial charge is 0.481 e. The quantitative estimate of drug-likeness (QED) is 0.761. The minimum absolute atomic E-state index is 0.248. The molecule has 0 aromatic heterocycles. The molecule has 3 nitrogen and oxygen atoms in total. The molecule has 1 aliphatic carbocycles. The van der Waals surface area contributed by atoms with Crippen LogP contribution in [0.5, 0.6) is 0 Å². The number of aliphatic carboxylic acids is 1. The molecule has 0 aromatic rings. The molecule has 0 aliphatic heterocycles. The molecule has 0 amide bonds. The van der Waals surface area contributed by atoms with Crippen LogP contribution >= 0.6 is 0 Å². The van der Waals surface area contributed by atoms with Crippen molar-refractivity contribution in [2.75, 3.05) is 13.1 Å². The van der Waals surface area contributed by atoms with E-state index >= 15 is 0 Å². The van der Waals surface area contributed by atoms with Crippen molar-refractivity contribution in [3.05, 3.63) is 0 Å². The normalized spacial score (nSPS) is 19.9. The van der Waals surface area contributed by atoms with Gasteiger partial charge in [-0.25, -0.2) is 0 Å². The fourth-order valence-electron chi connectivity index (χ4n) is 3.01. The molecule has 0 bridgehead atoms. The lowest BCUT2D eigenvalue weighted by Crippen LogP contribution is -2.41. The van der Waals surface area contributed by atoms with Gasteiger partial charge >= 0.3 is 5.97 Å². The third kappa shape index (κ3) is 6.42. The zero-order valence-corrected chi connectivity index (χ0v) is 12.7. The van der Waals surface area contributed by atoms with Crippen molar-refractivity contribution in [1.82, 2.24) is 4.90 Å². The Labute approximate surface area is 118 Å². The number of carboxylic acid groups (broad SMARTS) is 1. The number of hydrogen-bond acceptors (Lipinski definition) is 2. The van der Waals surface area contributed by atoms with Gasteiger partial charge in [-0.2, -0.15) is 0 Å². The van der Waals surface area contributed by atoms with Gasteiger partial charge in [-0.05, 0) is 25.8 Å². The number of carboxylic acids is 1. The van der Waals surface area contributed by atoms with Crippen molar-refractivity contribution >= 4 is 5.97 Å². The van der Waals surface area contributed by atoms with Crippen LogP contribution < -0.4 is 0 Å². The van der Waals surface area contributed by atoms with E-state index in [-0.39, 0.29) is 5.92 Å². The number of nitrogens with zero attached hydrogens (tertiary/aromatic N) is 1. The van der Waals surface area contributed by atoms with Crippen molar-refractivity contribution in [2.45, 2.75) is 77.7 Å². The van der Waals surface area contributed by atoms with Gasteiger partial charge in [0, 0.05) is 12.6 Å². The summed E-state index contributed by atoms with van der Waals surface area (Å²) in [6.45, 7) is 5.83. The van der Waals surface area contributed by atoms with E-state index in [1.165, 1.54) is 57.8 Å². The number of carbonyl (C=O) groups is 1. The second-order valence-corrected chi connectivity index (χ2v) is 6.09. The molecule has 1 aliphatic rings. The van der Waals surface area contributed by atoms with Crippen molar-refractivity contribution in [2.24, 2.45) is 5.92 Å². The Bertz CT molecular complexity index is 247. The summed E-state index contributed by atoms with van der Waals surface area (Å²) >= 11 is 0. The van der Waals surface area contributed by atoms with Gasteiger partial charge in [0.1, 0.15) is 0 Å². The summed E-state index contributed by atoms with van der Waals surface area (Å²) in [4.78, 5) is 13.6. The summed E-state index contributed by atoms with van der Waals surface area (Å²) in [5, 5.41) is 9.13. The highest BCUT2D eigenvalue weighted by Crippen LogP contribution is 2.22. The van der Waals surface area contributed by atoms with Crippen molar-refractivity contribution in [3.8, 4) is 0 Å². The van der Waals surface area contributed by atoms with Gasteiger partial charge in [0.25, 0.3) is 0 Å². The number of rotatable bonds is 7. The molecule has 1 rings (SSSR count). The molecule has 0 spiro atoms. The maximum absolute atomic E-state index is 11.1. The highest BCUT2D eigenvalue weighted by atomic mass is 16.4. The zero-order chi connectivity index (χ0) is 14.1. The van der Waals surface area contributed by atoms with Gasteiger partial charge in [0.15, 0.2) is 0 Å². The maximum Gasteiger partial charge on any atom is 0.307 e. The van der Waals surface area contributed by atoms with Crippen molar-refractivity contribution < 1.29 is 9.90 Å². The lowest BCUT2D eigenvalue weighted by Gasteiger charge is -2.34. The molecule has 0 aromatic carbocycles. The first-order chi connectivity index (χ1) is 9.15. The average molecular weight is 269 g/mol. The summed E-state index contributed by atoms with van der Waals surface area (Å²) in [6.07, 6.45) is 11.6. The summed E-state index contributed by atoms with van der Waals surface area (Å²) in [6, 6.07) is 0.619. The summed E-state index contributed by atoms with van der Waals surface area (Å²) in [7, 11) is 0. The minimum atomic E-state index is -0.660. The topological polar surface area (TPSA) is 40.5 Å². The average Bonchev–Trinajstić information content (AvgIpc) is 2.34. The summed E-state index contributed by atoms with van der Waals surface area (Å²) < 4.78 is 0. The lowest BCUT2D eigenvalue weighted by atomic mass is 9.94. The minimum Gasteiger partial charge on any atom is -0.481 e. The molecule has 3 heteroatoms. The molecule has 0 heterocycles. The second kappa shape index (κ2) is 9.35. The van der Waals surface area contributed by atoms with Crippen molar-refractivity contribution in [1.29, 1.82) is 0 Å². The van der Waals surface area contributed by atoms with E-state index in [4.69, 9.17) is 5.11 Å². The first-order valence-corrected chi connectivity index (χ1v) is 8.12. The van der Waals surface area contributed by atoms with Crippen LogP contribution in [0.4, 0.5) is 0 Å². The molecule has 1 fully saturated rings. The Balaban J connectivity index is 2.56. The zero-order valence-electron chi connectivity index (χ0n) is 12.7. The molecular weight excluding hydrogens is 238 g/mol. The molecule has 1 N–H and O–H groups in total. The third-order valence-corrected chi connectivity index (χ3v) is 4.32. The van der Waals surface area contributed by atoms with Crippen LogP contribution in [-0.4, -0.2) is 35.1 Å². The molecule has 1 unspecified atom stereocenters. The van der Waals surface area contributed by atoms with E-state index in [0.29, 0.717) is 6.04 Å². The highest BCUT2D eigenvalue weighted by molar-refractivity contribution is 5.69. The van der Waals surface area contributed by atoms with Crippen LogP contribution in [-0.2, 0) is 4.79 Å². The predicted octanol–water partition coefficient (Wildman–Crippen LogP) is 3.92. The predicted molar refractivity (Wildman–Crippen MR) is 79.4 cm³/mol. The van der Waals surface area contributed by atoms with Crippen molar-refractivity contribution in [3.63, 3.8) is 0 Å². The third-order valence-electron chi connectivity index (χ3n) is 4.32. The Morgan fingerprint density at radius 3 is 2.32 bits per heavy atom. The van der Waals surface area contributed by atoms with E-state index in [1.807, 2.05) is 6.92 Å². The van der Waals surface area contributed by atoms with E-state index in [2.05, 4.69) is 11.8 Å². The summed E-state index contributed by atoms with van der Waals surface area (Å²) in [5.74, 6) is -0.908. The molecule has 0 saturated heterocycles. The fraction of sp³-hybridized carbons (Fsp3) is 0.938. The molecule has 112 valence electrons. The Hall–Kier alpha value is -0.570. The van der Waals surface area contributed by atoms with Crippen LogP contribution in [0.25, 0.3) is 0 Å². The van der Waals surface area contributed by atoms with Crippen LogP contribution in [0.1, 0.15) is 71.6 Å². The molecular formula is C16H31NO2. The fourth-order valence-corrected chi connectivity index (χ4v) is 3.01. The van der Waals surface area contributed by atoms with E-state index in [1.54, 1.807) is 0 Å². The first kappa shape index (κ1) is 16.5. The smallest absolute Gasteiger partial charge is 0.307 e. The molecule has 19 heavy (non-hydrogen) atoms. The molecule has 1 saturated carbocycles. The maximum atomic E-state index is 11.1. The highest BCUT2D eigenvalue weighted by Gasteiger charge is 2.23. The van der Waals surface area contributed by atoms with Gasteiger partial charge in [0.2, 0.25) is 0 Å². The summed E-state index contributed by atoms with van der Waals surface area (Å²) in [5.41, 5.74) is 0. The van der Waals surface area contributed by atoms with E-state index < -0.39 is 5.97 Å².